The monoisotopic (exact) mass is 284 g/mol. The molecule has 0 radical (unpaired) electrons. The highest BCUT2D eigenvalue weighted by Crippen LogP contribution is 2.37. The highest BCUT2D eigenvalue weighted by atomic mass is 35.5. The molecule has 2 aliphatic rings. The van der Waals surface area contributed by atoms with E-state index in [1.54, 1.807) is 0 Å². The Balaban J connectivity index is 2.28. The van der Waals surface area contributed by atoms with Crippen molar-refractivity contribution < 1.29 is 19.7 Å². The van der Waals surface area contributed by atoms with Crippen LogP contribution in [-0.4, -0.2) is 50.9 Å². The number of carbonyl (C=O) groups excluding carboxylic acids is 1. The minimum atomic E-state index is -1.56. The predicted molar refractivity (Wildman–Crippen MR) is 67.4 cm³/mol. The van der Waals surface area contributed by atoms with Crippen LogP contribution in [0.25, 0.3) is 0 Å². The summed E-state index contributed by atoms with van der Waals surface area (Å²) in [6.45, 7) is 3.09. The number of aliphatic hydroxyl groups is 2. The van der Waals surface area contributed by atoms with Crippen LogP contribution in [0.15, 0.2) is 24.7 Å². The maximum Gasteiger partial charge on any atom is 0.250 e. The van der Waals surface area contributed by atoms with Crippen LogP contribution in [0.2, 0.25) is 0 Å². The molecule has 4 atom stereocenters. The van der Waals surface area contributed by atoms with Gasteiger partial charge in [0.1, 0.15) is 17.3 Å². The van der Waals surface area contributed by atoms with Crippen LogP contribution in [0.1, 0.15) is 0 Å². The molecule has 3 N–H and O–H groups in total. The Bertz CT molecular complexity index is 487. The molecule has 1 saturated heterocycles. The van der Waals surface area contributed by atoms with Crippen molar-refractivity contribution >= 4 is 17.5 Å². The molecule has 6 nitrogen and oxygen atoms in total. The van der Waals surface area contributed by atoms with Gasteiger partial charge in [-0.2, -0.15) is 0 Å². The number of nitrogens with zero attached hydrogens (tertiary/aromatic N) is 1. The lowest BCUT2D eigenvalue weighted by Gasteiger charge is -2.32. The number of halogens is 1. The summed E-state index contributed by atoms with van der Waals surface area (Å²) in [5.41, 5.74) is -1.56. The molecule has 1 fully saturated rings. The van der Waals surface area contributed by atoms with Crippen molar-refractivity contribution in [3.8, 4) is 12.3 Å². The Morgan fingerprint density at radius 1 is 1.74 bits per heavy atom. The molecule has 0 unspecified atom stereocenters. The highest BCUT2D eigenvalue weighted by molar-refractivity contribution is 6.21. The summed E-state index contributed by atoms with van der Waals surface area (Å²) in [6, 6.07) is 0. The highest BCUT2D eigenvalue weighted by Gasteiger charge is 2.55. The third kappa shape index (κ3) is 2.11. The van der Waals surface area contributed by atoms with Crippen LogP contribution in [-0.2, 0) is 9.53 Å². The fraction of sp³-hybridized carbons (Fsp3) is 0.417. The van der Waals surface area contributed by atoms with Crippen LogP contribution in [0.4, 0.5) is 0 Å². The molecular weight excluding hydrogens is 272 g/mol. The fourth-order valence-electron chi connectivity index (χ4n) is 1.99. The van der Waals surface area contributed by atoms with Crippen molar-refractivity contribution in [1.82, 2.24) is 10.2 Å². The summed E-state index contributed by atoms with van der Waals surface area (Å²) in [5.74, 6) is 2.15. The Kier molecular flexibility index (Phi) is 3.56. The maximum absolute atomic E-state index is 11.1. The zero-order valence-corrected chi connectivity index (χ0v) is 10.7. The number of rotatable bonds is 2. The predicted octanol–water partition coefficient (Wildman–Crippen LogP) is -0.908. The second-order valence-corrected chi connectivity index (χ2v) is 4.75. The van der Waals surface area contributed by atoms with E-state index in [2.05, 4.69) is 17.8 Å². The maximum atomic E-state index is 11.1. The van der Waals surface area contributed by atoms with Gasteiger partial charge in [-0.25, -0.2) is 0 Å². The van der Waals surface area contributed by atoms with Crippen molar-refractivity contribution in [2.24, 2.45) is 0 Å². The molecule has 0 bridgehead atoms. The Morgan fingerprint density at radius 2 is 2.42 bits per heavy atom. The summed E-state index contributed by atoms with van der Waals surface area (Å²) in [5, 5.41) is 20.9. The largest absolute Gasteiger partial charge is 0.392 e. The van der Waals surface area contributed by atoms with Crippen LogP contribution < -0.4 is 5.32 Å². The molecule has 19 heavy (non-hydrogen) atoms. The minimum absolute atomic E-state index is 0.251. The molecule has 1 amide bonds. The summed E-state index contributed by atoms with van der Waals surface area (Å²) < 4.78 is 5.51. The molecule has 0 saturated carbocycles. The van der Waals surface area contributed by atoms with Crippen LogP contribution in [0.5, 0.6) is 0 Å². The number of terminal acetylenes is 1. The van der Waals surface area contributed by atoms with Gasteiger partial charge in [0.05, 0.1) is 6.61 Å². The second kappa shape index (κ2) is 4.87. The molecule has 2 heterocycles. The van der Waals surface area contributed by atoms with Crippen LogP contribution >= 0.6 is 11.6 Å². The van der Waals surface area contributed by atoms with E-state index in [1.807, 2.05) is 0 Å². The third-order valence-corrected chi connectivity index (χ3v) is 3.56. The van der Waals surface area contributed by atoms with Crippen molar-refractivity contribution in [2.75, 3.05) is 6.61 Å². The van der Waals surface area contributed by atoms with E-state index < -0.39 is 29.9 Å². The number of ether oxygens (including phenoxy) is 1. The quantitative estimate of drug-likeness (QED) is 0.452. The molecule has 0 spiro atoms. The molecule has 7 heteroatoms. The van der Waals surface area contributed by atoms with Crippen molar-refractivity contribution in [3.63, 3.8) is 0 Å². The van der Waals surface area contributed by atoms with Gasteiger partial charge in [-0.3, -0.25) is 4.79 Å². The van der Waals surface area contributed by atoms with Gasteiger partial charge in [0, 0.05) is 12.3 Å². The molecule has 0 aromatic heterocycles. The zero-order chi connectivity index (χ0) is 14.2. The van der Waals surface area contributed by atoms with E-state index in [0.717, 1.165) is 0 Å². The molecule has 102 valence electrons. The lowest BCUT2D eigenvalue weighted by atomic mass is 9.98. The van der Waals surface area contributed by atoms with Gasteiger partial charge in [0.2, 0.25) is 0 Å². The van der Waals surface area contributed by atoms with Gasteiger partial charge in [0.15, 0.2) is 11.8 Å². The number of amides is 1. The first kappa shape index (κ1) is 13.9. The standard InChI is InChI=1S/C12H13ClN2O4/c1-3-12(6-16)10(18)9(13)11(19-12)15-5-4-8(17)14-7(15)2/h1,4-5,9-11,16,18H,2,6H2,(H,14,17)/t9-,10+,11-,12-/m1/s1. The SMILES string of the molecule is C#C[C@]1(CO)O[C@@H](N2C=CC(=O)NC2=C)[C@H](Cl)[C@@H]1O. The fourth-order valence-corrected chi connectivity index (χ4v) is 2.37. The summed E-state index contributed by atoms with van der Waals surface area (Å²) in [7, 11) is 0. The third-order valence-electron chi connectivity index (χ3n) is 3.10. The topological polar surface area (TPSA) is 82.0 Å². The molecular formula is C12H13ClN2O4. The number of aliphatic hydroxyl groups excluding tert-OH is 2. The number of nitrogens with one attached hydrogen (secondary N) is 1. The molecule has 2 aliphatic heterocycles. The van der Waals surface area contributed by atoms with E-state index >= 15 is 0 Å². The van der Waals surface area contributed by atoms with E-state index in [-0.39, 0.29) is 11.7 Å². The van der Waals surface area contributed by atoms with Gasteiger partial charge in [0.25, 0.3) is 5.91 Å². The number of hydrogen-bond donors (Lipinski definition) is 3. The van der Waals surface area contributed by atoms with E-state index in [4.69, 9.17) is 22.8 Å². The van der Waals surface area contributed by atoms with E-state index in [1.165, 1.54) is 17.2 Å². The Labute approximate surface area is 115 Å². The Morgan fingerprint density at radius 3 is 2.89 bits per heavy atom. The van der Waals surface area contributed by atoms with Crippen LogP contribution in [0.3, 0.4) is 0 Å². The summed E-state index contributed by atoms with van der Waals surface area (Å²) >= 11 is 6.09. The average molecular weight is 285 g/mol. The molecule has 0 aromatic carbocycles. The first-order chi connectivity index (χ1) is 8.95. The summed E-state index contributed by atoms with van der Waals surface area (Å²) in [4.78, 5) is 12.6. The molecule has 0 aromatic rings. The van der Waals surface area contributed by atoms with Gasteiger partial charge < -0.3 is 25.2 Å². The summed E-state index contributed by atoms with van der Waals surface area (Å²) in [6.07, 6.45) is 5.91. The van der Waals surface area contributed by atoms with Crippen LogP contribution in [0, 0.1) is 12.3 Å². The number of carbonyl (C=O) groups is 1. The van der Waals surface area contributed by atoms with Crippen molar-refractivity contribution in [1.29, 1.82) is 0 Å². The molecule has 0 aliphatic carbocycles. The smallest absolute Gasteiger partial charge is 0.250 e. The zero-order valence-electron chi connectivity index (χ0n) is 9.91. The van der Waals surface area contributed by atoms with Gasteiger partial charge in [-0.1, -0.05) is 12.5 Å². The molecule has 2 rings (SSSR count). The Hall–Kier alpha value is -1.52. The van der Waals surface area contributed by atoms with Gasteiger partial charge >= 0.3 is 0 Å². The normalized spacial score (nSPS) is 38.2. The van der Waals surface area contributed by atoms with Crippen molar-refractivity contribution in [3.05, 3.63) is 24.7 Å². The minimum Gasteiger partial charge on any atom is -0.392 e. The van der Waals surface area contributed by atoms with E-state index in [9.17, 15) is 15.0 Å². The number of alkyl halides is 1. The average Bonchev–Trinajstić information content (AvgIpc) is 2.64. The second-order valence-electron chi connectivity index (χ2n) is 4.25. The van der Waals surface area contributed by atoms with E-state index in [0.29, 0.717) is 0 Å². The van der Waals surface area contributed by atoms with Gasteiger partial charge in [-0.15, -0.1) is 18.0 Å². The van der Waals surface area contributed by atoms with Gasteiger partial charge in [-0.05, 0) is 0 Å². The van der Waals surface area contributed by atoms with Crippen molar-refractivity contribution in [2.45, 2.75) is 23.3 Å². The lowest BCUT2D eigenvalue weighted by Crippen LogP contribution is -2.44. The number of hydrogen-bond acceptors (Lipinski definition) is 5. The first-order valence-corrected chi connectivity index (χ1v) is 5.94. The first-order valence-electron chi connectivity index (χ1n) is 5.50. The lowest BCUT2D eigenvalue weighted by molar-refractivity contribution is -0.119.